The fourth-order valence-corrected chi connectivity index (χ4v) is 11.8. The van der Waals surface area contributed by atoms with E-state index in [0.717, 1.165) is 48.4 Å². The van der Waals surface area contributed by atoms with Gasteiger partial charge in [0.2, 0.25) is 5.91 Å². The highest BCUT2D eigenvalue weighted by Gasteiger charge is 2.60. The van der Waals surface area contributed by atoms with Gasteiger partial charge in [0, 0.05) is 12.1 Å². The van der Waals surface area contributed by atoms with Gasteiger partial charge in [-0.15, -0.1) is 0 Å². The number of amides is 3. The third-order valence-corrected chi connectivity index (χ3v) is 14.6. The number of hydrazone groups is 1. The number of fused-ring (bicyclic) bond motifs is 5. The van der Waals surface area contributed by atoms with Crippen LogP contribution in [-0.4, -0.2) is 49.6 Å². The maximum absolute atomic E-state index is 12.9. The van der Waals surface area contributed by atoms with Gasteiger partial charge in [-0.1, -0.05) is 26.8 Å². The van der Waals surface area contributed by atoms with Crippen LogP contribution in [0.25, 0.3) is 0 Å². The van der Waals surface area contributed by atoms with Gasteiger partial charge >= 0.3 is 0 Å². The van der Waals surface area contributed by atoms with Crippen LogP contribution in [-0.2, 0) is 24.4 Å². The summed E-state index contributed by atoms with van der Waals surface area (Å²) in [5.74, 6) is 2.50. The lowest BCUT2D eigenvalue weighted by molar-refractivity contribution is -0.130. The molecule has 4 saturated carbocycles. The molecule has 0 aromatic heterocycles. The summed E-state index contributed by atoms with van der Waals surface area (Å²) in [6.45, 7) is 8.59. The number of benzene rings is 1. The fraction of sp³-hybridized carbons (Fsp3) is 0.722. The van der Waals surface area contributed by atoms with Crippen LogP contribution in [0.2, 0.25) is 0 Å². The van der Waals surface area contributed by atoms with E-state index in [-0.39, 0.29) is 34.6 Å². The predicted octanol–water partition coefficient (Wildman–Crippen LogP) is 5.16. The maximum atomic E-state index is 12.9. The van der Waals surface area contributed by atoms with Crippen molar-refractivity contribution in [3.63, 3.8) is 0 Å². The molecule has 0 bridgehead atoms. The molecule has 6 rings (SSSR count). The van der Waals surface area contributed by atoms with Gasteiger partial charge in [-0.25, -0.2) is 18.1 Å². The number of rotatable bonds is 9. The van der Waals surface area contributed by atoms with Crippen molar-refractivity contribution in [2.75, 3.05) is 11.6 Å². The smallest absolute Gasteiger partial charge is 0.264 e. The second-order valence-corrected chi connectivity index (χ2v) is 17.5. The van der Waals surface area contributed by atoms with E-state index >= 15 is 0 Å². The Labute approximate surface area is 279 Å². The summed E-state index contributed by atoms with van der Waals surface area (Å²) in [4.78, 5) is 37.3. The molecule has 1 aliphatic heterocycles. The number of hydrogen-bond donors (Lipinski definition) is 3. The molecular weight excluding hydrogens is 616 g/mol. The predicted molar refractivity (Wildman–Crippen MR) is 180 cm³/mol. The highest BCUT2D eigenvalue weighted by Crippen LogP contribution is 2.68. The van der Waals surface area contributed by atoms with Crippen LogP contribution in [0.3, 0.4) is 0 Å². The Hall–Kier alpha value is -2.79. The van der Waals surface area contributed by atoms with E-state index in [4.69, 9.17) is 0 Å². The lowest BCUT2D eigenvalue weighted by Gasteiger charge is -2.61. The van der Waals surface area contributed by atoms with Crippen LogP contribution in [0.1, 0.15) is 105 Å². The minimum atomic E-state index is -4.22. The molecule has 5 aliphatic rings. The summed E-state index contributed by atoms with van der Waals surface area (Å²) in [6.07, 6.45) is 11.7. The molecule has 4 unspecified atom stereocenters. The molecule has 4 aliphatic carbocycles. The van der Waals surface area contributed by atoms with E-state index in [0.29, 0.717) is 41.0 Å². The first kappa shape index (κ1) is 34.1. The quantitative estimate of drug-likeness (QED) is 0.332. The molecule has 4 fully saturated rings. The van der Waals surface area contributed by atoms with Crippen LogP contribution in [0.5, 0.6) is 0 Å². The van der Waals surface area contributed by atoms with Crippen molar-refractivity contribution in [1.29, 1.82) is 0 Å². The maximum Gasteiger partial charge on any atom is 0.264 e. The van der Waals surface area contributed by atoms with Gasteiger partial charge in [0.05, 0.1) is 29.7 Å². The van der Waals surface area contributed by atoms with Crippen LogP contribution < -0.4 is 15.0 Å². The summed E-state index contributed by atoms with van der Waals surface area (Å²) >= 11 is 0. The molecule has 258 valence electrons. The average Bonchev–Trinajstić information content (AvgIpc) is 3.56. The lowest BCUT2D eigenvalue weighted by Crippen LogP contribution is -2.54. The highest BCUT2D eigenvalue weighted by molar-refractivity contribution is 7.90. The number of anilines is 1. The van der Waals surface area contributed by atoms with Crippen molar-refractivity contribution in [3.05, 3.63) is 24.3 Å². The summed E-state index contributed by atoms with van der Waals surface area (Å²) in [6, 6.07) is 5.69. The van der Waals surface area contributed by atoms with Crippen molar-refractivity contribution < 1.29 is 27.9 Å². The van der Waals surface area contributed by atoms with Crippen molar-refractivity contribution in [2.24, 2.45) is 51.4 Å². The third kappa shape index (κ3) is 6.51. The fourth-order valence-electron chi connectivity index (χ4n) is 10.8. The monoisotopic (exact) mass is 668 g/mol. The Morgan fingerprint density at radius 3 is 2.53 bits per heavy atom. The molecule has 0 spiro atoms. The third-order valence-electron chi connectivity index (χ3n) is 13.2. The Morgan fingerprint density at radius 2 is 1.79 bits per heavy atom. The van der Waals surface area contributed by atoms with Gasteiger partial charge in [0.1, 0.15) is 0 Å². The number of carbonyl (C=O) groups excluding carboxylic acids is 3. The highest BCUT2D eigenvalue weighted by atomic mass is 32.2. The van der Waals surface area contributed by atoms with Gasteiger partial charge in [0.15, 0.2) is 0 Å². The lowest BCUT2D eigenvalue weighted by atomic mass is 9.44. The molecule has 1 heterocycles. The Bertz CT molecular complexity index is 1550. The summed E-state index contributed by atoms with van der Waals surface area (Å²) in [5, 5.41) is 18.3. The van der Waals surface area contributed by atoms with E-state index in [1.807, 2.05) is 4.72 Å². The molecule has 47 heavy (non-hydrogen) atoms. The number of carbonyl (C=O) groups is 3. The molecule has 9 atom stereocenters. The van der Waals surface area contributed by atoms with E-state index in [1.165, 1.54) is 56.7 Å². The van der Waals surface area contributed by atoms with Gasteiger partial charge in [-0.3, -0.25) is 14.4 Å². The second-order valence-electron chi connectivity index (χ2n) is 15.8. The van der Waals surface area contributed by atoms with E-state index < -0.39 is 22.5 Å². The van der Waals surface area contributed by atoms with Crippen molar-refractivity contribution in [2.45, 2.75) is 116 Å². The topological polar surface area (TPSA) is 145 Å². The zero-order chi connectivity index (χ0) is 33.7. The number of aliphatic hydroxyl groups excluding tert-OH is 1. The van der Waals surface area contributed by atoms with Crippen LogP contribution in [0.4, 0.5) is 5.69 Å². The summed E-state index contributed by atoms with van der Waals surface area (Å²) < 4.78 is 27.8. The molecule has 0 radical (unpaired) electrons. The van der Waals surface area contributed by atoms with E-state index in [9.17, 15) is 27.9 Å². The SMILES string of the molecule is CC1=NN(c2cccc(S(=O)(=O)NC(=O)CNC(=O)CC[C@@H](C)[C@H]3CCC4C5CCC6C[C@H](O)CC[C@]6(C)C5CC[C@@]43C)c2)C(=O)C1. The van der Waals surface area contributed by atoms with Crippen LogP contribution in [0, 0.1) is 46.3 Å². The standard InChI is InChI=1S/C36H52N4O6S/c1-22(29-11-12-30-28-10-9-24-19-26(41)14-16-35(24,3)31(28)15-17-36(29,30)4)8-13-32(42)37-21-33(43)39-47(45,46)27-7-5-6-25(20-27)40-34(44)18-23(2)38-40/h5-7,20,22,24,26,28-31,41H,8-19,21H2,1-4H3,(H,37,42)(H,39,43)/t22-,24?,26-,28?,29-,30?,31?,35+,36-/m1/s1. The molecule has 0 saturated heterocycles. The zero-order valence-corrected chi connectivity index (χ0v) is 29.2. The molecule has 11 heteroatoms. The summed E-state index contributed by atoms with van der Waals surface area (Å²) in [7, 11) is -4.22. The van der Waals surface area contributed by atoms with Crippen LogP contribution >= 0.6 is 0 Å². The number of nitrogens with zero attached hydrogens (tertiary/aromatic N) is 2. The zero-order valence-electron chi connectivity index (χ0n) is 28.3. The molecule has 1 aromatic rings. The van der Waals surface area contributed by atoms with E-state index in [2.05, 4.69) is 31.2 Å². The molecule has 3 N–H and O–H groups in total. The number of sulfonamides is 1. The van der Waals surface area contributed by atoms with Crippen molar-refractivity contribution in [3.8, 4) is 0 Å². The van der Waals surface area contributed by atoms with Gasteiger partial charge in [-0.2, -0.15) is 5.10 Å². The van der Waals surface area contributed by atoms with Gasteiger partial charge in [0.25, 0.3) is 21.8 Å². The Kier molecular flexibility index (Phi) is 9.37. The number of nitrogens with one attached hydrogen (secondary N) is 2. The average molecular weight is 669 g/mol. The minimum absolute atomic E-state index is 0.119. The van der Waals surface area contributed by atoms with Crippen molar-refractivity contribution >= 4 is 39.1 Å². The van der Waals surface area contributed by atoms with Crippen LogP contribution in [0.15, 0.2) is 34.3 Å². The summed E-state index contributed by atoms with van der Waals surface area (Å²) in [5.41, 5.74) is 1.58. The first-order valence-corrected chi connectivity index (χ1v) is 19.2. The minimum Gasteiger partial charge on any atom is -0.393 e. The molecule has 1 aromatic carbocycles. The molecule has 10 nitrogen and oxygen atoms in total. The number of aliphatic hydroxyl groups is 1. The normalized spacial score (nSPS) is 35.7. The van der Waals surface area contributed by atoms with Gasteiger partial charge in [-0.05, 0) is 136 Å². The first-order valence-electron chi connectivity index (χ1n) is 17.7. The molecule has 3 amide bonds. The van der Waals surface area contributed by atoms with E-state index in [1.54, 1.807) is 13.0 Å². The van der Waals surface area contributed by atoms with Gasteiger partial charge < -0.3 is 10.4 Å². The first-order chi connectivity index (χ1) is 22.2. The Morgan fingerprint density at radius 1 is 1.04 bits per heavy atom. The largest absolute Gasteiger partial charge is 0.393 e. The number of hydrogen-bond acceptors (Lipinski definition) is 7. The second kappa shape index (κ2) is 12.9. The molecular formula is C36H52N4O6S. The Balaban J connectivity index is 0.983. The van der Waals surface area contributed by atoms with Crippen molar-refractivity contribution in [1.82, 2.24) is 10.0 Å².